The Morgan fingerprint density at radius 2 is 1.82 bits per heavy atom. The smallest absolute Gasteiger partial charge is 0.0991 e. The lowest BCUT2D eigenvalue weighted by molar-refractivity contribution is 0.478. The van der Waals surface area contributed by atoms with E-state index in [2.05, 4.69) is 68.2 Å². The first-order chi connectivity index (χ1) is 13.6. The van der Waals surface area contributed by atoms with Crippen molar-refractivity contribution < 1.29 is 0 Å². The van der Waals surface area contributed by atoms with Gasteiger partial charge in [0, 0.05) is 18.1 Å². The molecule has 3 nitrogen and oxygen atoms in total. The van der Waals surface area contributed by atoms with Gasteiger partial charge in [-0.1, -0.05) is 51.8 Å². The van der Waals surface area contributed by atoms with E-state index in [-0.39, 0.29) is 0 Å². The van der Waals surface area contributed by atoms with Crippen molar-refractivity contribution in [2.45, 2.75) is 52.4 Å². The molecular weight excluding hydrogens is 342 g/mol. The highest BCUT2D eigenvalue weighted by Gasteiger charge is 2.17. The minimum Gasteiger partial charge on any atom is -0.306 e. The second kappa shape index (κ2) is 9.37. The van der Waals surface area contributed by atoms with Crippen molar-refractivity contribution in [3.05, 3.63) is 72.3 Å². The third kappa shape index (κ3) is 4.70. The maximum absolute atomic E-state index is 9.44. The van der Waals surface area contributed by atoms with E-state index in [0.29, 0.717) is 11.8 Å². The third-order valence-electron chi connectivity index (χ3n) is 5.33. The molecule has 3 rings (SSSR count). The maximum Gasteiger partial charge on any atom is 0.0991 e. The van der Waals surface area contributed by atoms with Crippen LogP contribution in [0.2, 0.25) is 0 Å². The number of nitriles is 1. The van der Waals surface area contributed by atoms with Gasteiger partial charge in [0.15, 0.2) is 0 Å². The van der Waals surface area contributed by atoms with Gasteiger partial charge in [0.2, 0.25) is 0 Å². The Hall–Kier alpha value is -2.86. The fourth-order valence-electron chi connectivity index (χ4n) is 3.80. The zero-order valence-electron chi connectivity index (χ0n) is 17.1. The third-order valence-corrected chi connectivity index (χ3v) is 5.33. The van der Waals surface area contributed by atoms with Crippen molar-refractivity contribution in [1.82, 2.24) is 9.55 Å². The predicted molar refractivity (Wildman–Crippen MR) is 115 cm³/mol. The van der Waals surface area contributed by atoms with Gasteiger partial charge in [0.05, 0.1) is 18.0 Å². The molecule has 3 aromatic rings. The van der Waals surface area contributed by atoms with Crippen molar-refractivity contribution in [2.24, 2.45) is 5.92 Å². The molecule has 0 N–H and O–H groups in total. The number of rotatable bonds is 8. The lowest BCUT2D eigenvalue weighted by Gasteiger charge is -2.22. The molecule has 28 heavy (non-hydrogen) atoms. The number of nitrogens with zero attached hydrogens (tertiary/aromatic N) is 3. The van der Waals surface area contributed by atoms with Crippen LogP contribution in [0.4, 0.5) is 0 Å². The van der Waals surface area contributed by atoms with Gasteiger partial charge in [-0.05, 0) is 65.6 Å². The summed E-state index contributed by atoms with van der Waals surface area (Å²) in [6.45, 7) is 6.81. The first-order valence-electron chi connectivity index (χ1n) is 10.2. The van der Waals surface area contributed by atoms with Crippen molar-refractivity contribution in [3.8, 4) is 22.9 Å². The van der Waals surface area contributed by atoms with Gasteiger partial charge < -0.3 is 4.57 Å². The second-order valence-electron chi connectivity index (χ2n) is 7.89. The molecule has 1 atom stereocenters. The van der Waals surface area contributed by atoms with Crippen LogP contribution in [-0.4, -0.2) is 9.55 Å². The predicted octanol–water partition coefficient (Wildman–Crippen LogP) is 6.73. The molecule has 0 aliphatic rings. The quantitative estimate of drug-likeness (QED) is 0.440. The summed E-state index contributed by atoms with van der Waals surface area (Å²) in [5, 5.41) is 9.44. The molecule has 0 aliphatic heterocycles. The largest absolute Gasteiger partial charge is 0.306 e. The Kier molecular flexibility index (Phi) is 6.66. The number of hydrogen-bond donors (Lipinski definition) is 0. The molecular formula is C25H29N3. The van der Waals surface area contributed by atoms with E-state index in [9.17, 15) is 5.26 Å². The summed E-state index contributed by atoms with van der Waals surface area (Å²) in [5.41, 5.74) is 5.62. The summed E-state index contributed by atoms with van der Waals surface area (Å²) in [6, 6.07) is 17.1. The molecule has 144 valence electrons. The lowest BCUT2D eigenvalue weighted by atomic mass is 9.83. The summed E-state index contributed by atoms with van der Waals surface area (Å²) < 4.78 is 2.01. The van der Waals surface area contributed by atoms with Crippen molar-refractivity contribution in [3.63, 3.8) is 0 Å². The van der Waals surface area contributed by atoms with Crippen LogP contribution >= 0.6 is 0 Å². The molecule has 0 amide bonds. The van der Waals surface area contributed by atoms with Gasteiger partial charge in [-0.2, -0.15) is 5.26 Å². The molecule has 0 radical (unpaired) electrons. The van der Waals surface area contributed by atoms with Crippen LogP contribution < -0.4 is 0 Å². The van der Waals surface area contributed by atoms with E-state index >= 15 is 0 Å². The average Bonchev–Trinajstić information content (AvgIpc) is 3.25. The molecule has 0 spiro atoms. The van der Waals surface area contributed by atoms with Crippen molar-refractivity contribution >= 4 is 0 Å². The van der Waals surface area contributed by atoms with E-state index in [1.165, 1.54) is 29.5 Å². The Morgan fingerprint density at radius 1 is 1.04 bits per heavy atom. The van der Waals surface area contributed by atoms with Crippen LogP contribution in [0.15, 0.2) is 61.2 Å². The molecule has 0 fully saturated rings. The zero-order chi connectivity index (χ0) is 19.9. The monoisotopic (exact) mass is 371 g/mol. The fraction of sp³-hybridized carbons (Fsp3) is 0.360. The van der Waals surface area contributed by atoms with Gasteiger partial charge in [0.25, 0.3) is 0 Å². The van der Waals surface area contributed by atoms with E-state index in [1.807, 2.05) is 23.2 Å². The Bertz CT molecular complexity index is 915. The molecule has 3 heteroatoms. The first kappa shape index (κ1) is 19.9. The van der Waals surface area contributed by atoms with Gasteiger partial charge >= 0.3 is 0 Å². The molecule has 1 aromatic heterocycles. The number of benzene rings is 2. The minimum atomic E-state index is 0.490. The first-order valence-corrected chi connectivity index (χ1v) is 10.2. The van der Waals surface area contributed by atoms with Crippen LogP contribution in [0.5, 0.6) is 0 Å². The van der Waals surface area contributed by atoms with Crippen LogP contribution in [0.25, 0.3) is 16.8 Å². The summed E-state index contributed by atoms with van der Waals surface area (Å²) in [6.07, 6.45) is 10.2. The topological polar surface area (TPSA) is 41.6 Å². The minimum absolute atomic E-state index is 0.490. The average molecular weight is 372 g/mol. The molecule has 0 saturated heterocycles. The molecule has 1 unspecified atom stereocenters. The highest BCUT2D eigenvalue weighted by molar-refractivity contribution is 5.70. The number of hydrogen-bond acceptors (Lipinski definition) is 2. The maximum atomic E-state index is 9.44. The van der Waals surface area contributed by atoms with Crippen molar-refractivity contribution in [1.29, 1.82) is 5.26 Å². The van der Waals surface area contributed by atoms with E-state index in [0.717, 1.165) is 24.1 Å². The lowest BCUT2D eigenvalue weighted by Crippen LogP contribution is -2.04. The van der Waals surface area contributed by atoms with E-state index in [4.69, 9.17) is 0 Å². The van der Waals surface area contributed by atoms with Gasteiger partial charge in [-0.25, -0.2) is 4.98 Å². The SMILES string of the molecule is CCCC(CCC(C)C)c1cc(C#N)ccc1-c1ccc(-n2ccnc2)cc1. The molecule has 0 bridgehead atoms. The highest BCUT2D eigenvalue weighted by Crippen LogP contribution is 2.36. The van der Waals surface area contributed by atoms with Crippen molar-refractivity contribution in [2.75, 3.05) is 0 Å². The van der Waals surface area contributed by atoms with Crippen LogP contribution in [0.3, 0.4) is 0 Å². The normalized spacial score (nSPS) is 12.1. The summed E-state index contributed by atoms with van der Waals surface area (Å²) in [5.74, 6) is 1.18. The summed E-state index contributed by atoms with van der Waals surface area (Å²) in [4.78, 5) is 4.12. The molecule has 2 aromatic carbocycles. The summed E-state index contributed by atoms with van der Waals surface area (Å²) in [7, 11) is 0. The molecule has 0 aliphatic carbocycles. The molecule has 1 heterocycles. The van der Waals surface area contributed by atoms with Gasteiger partial charge in [-0.3, -0.25) is 0 Å². The van der Waals surface area contributed by atoms with E-state index < -0.39 is 0 Å². The summed E-state index contributed by atoms with van der Waals surface area (Å²) >= 11 is 0. The van der Waals surface area contributed by atoms with Gasteiger partial charge in [0.1, 0.15) is 0 Å². The number of imidazole rings is 1. The second-order valence-corrected chi connectivity index (χ2v) is 7.89. The van der Waals surface area contributed by atoms with E-state index in [1.54, 1.807) is 6.20 Å². The van der Waals surface area contributed by atoms with Gasteiger partial charge in [-0.15, -0.1) is 0 Å². The Labute approximate surface area is 168 Å². The Balaban J connectivity index is 1.99. The Morgan fingerprint density at radius 3 is 2.43 bits per heavy atom. The highest BCUT2D eigenvalue weighted by atomic mass is 15.0. The fourth-order valence-corrected chi connectivity index (χ4v) is 3.80. The van der Waals surface area contributed by atoms with Crippen LogP contribution in [0.1, 0.15) is 63.5 Å². The standard InChI is InChI=1S/C25H29N3/c1-4-5-21(8-6-19(2)3)25-16-20(17-26)7-13-24(25)22-9-11-23(12-10-22)28-15-14-27-18-28/h7,9-16,18-19,21H,4-6,8H2,1-3H3. The zero-order valence-corrected chi connectivity index (χ0v) is 17.1. The molecule has 0 saturated carbocycles. The number of aromatic nitrogens is 2. The van der Waals surface area contributed by atoms with Crippen LogP contribution in [-0.2, 0) is 0 Å². The van der Waals surface area contributed by atoms with Crippen LogP contribution in [0, 0.1) is 17.2 Å².